The van der Waals surface area contributed by atoms with E-state index in [4.69, 9.17) is 0 Å². The Bertz CT molecular complexity index is 833. The monoisotopic (exact) mass is 303 g/mol. The van der Waals surface area contributed by atoms with Crippen LogP contribution in [0.15, 0.2) is 60.7 Å². The summed E-state index contributed by atoms with van der Waals surface area (Å²) in [5, 5.41) is 15.3. The van der Waals surface area contributed by atoms with Crippen LogP contribution in [0.2, 0.25) is 0 Å². The number of nitrogens with one attached hydrogen (secondary N) is 1. The van der Waals surface area contributed by atoms with Crippen molar-refractivity contribution in [1.29, 1.82) is 0 Å². The zero-order valence-electron chi connectivity index (χ0n) is 12.8. The number of tetrazole rings is 1. The van der Waals surface area contributed by atoms with E-state index in [0.717, 1.165) is 17.7 Å². The molecule has 0 saturated heterocycles. The molecule has 2 heterocycles. The summed E-state index contributed by atoms with van der Waals surface area (Å²) < 4.78 is 1.81. The number of hydrogen-bond acceptors (Lipinski definition) is 4. The normalized spacial score (nSPS) is 16.4. The van der Waals surface area contributed by atoms with Crippen molar-refractivity contribution >= 4 is 11.6 Å². The van der Waals surface area contributed by atoms with Gasteiger partial charge in [0.15, 0.2) is 0 Å². The third-order valence-corrected chi connectivity index (χ3v) is 4.14. The second-order valence-corrected chi connectivity index (χ2v) is 5.56. The van der Waals surface area contributed by atoms with E-state index < -0.39 is 0 Å². The van der Waals surface area contributed by atoms with Gasteiger partial charge >= 0.3 is 0 Å². The minimum atomic E-state index is -0.0117. The fourth-order valence-corrected chi connectivity index (χ4v) is 2.83. The largest absolute Gasteiger partial charge is 0.323 e. The molecule has 5 heteroatoms. The van der Waals surface area contributed by atoms with E-state index in [1.165, 1.54) is 11.1 Å². The van der Waals surface area contributed by atoms with Crippen molar-refractivity contribution in [3.05, 3.63) is 77.4 Å². The number of anilines is 1. The molecule has 0 aliphatic carbocycles. The molecule has 1 aliphatic rings. The third-order valence-electron chi connectivity index (χ3n) is 4.14. The predicted octanol–water partition coefficient (Wildman–Crippen LogP) is 3.29. The molecule has 1 aromatic heterocycles. The van der Waals surface area contributed by atoms with Crippen LogP contribution in [0.25, 0.3) is 5.70 Å². The zero-order valence-corrected chi connectivity index (χ0v) is 12.8. The Morgan fingerprint density at radius 1 is 1.04 bits per heavy atom. The fourth-order valence-electron chi connectivity index (χ4n) is 2.83. The molecular weight excluding hydrogens is 286 g/mol. The molecule has 1 atom stereocenters. The van der Waals surface area contributed by atoms with E-state index in [1.807, 2.05) is 22.9 Å². The summed E-state index contributed by atoms with van der Waals surface area (Å²) >= 11 is 0. The Kier molecular flexibility index (Phi) is 3.38. The first-order chi connectivity index (χ1) is 11.3. The maximum absolute atomic E-state index is 4.13. The van der Waals surface area contributed by atoms with Crippen LogP contribution in [0.4, 0.5) is 5.95 Å². The van der Waals surface area contributed by atoms with Gasteiger partial charge in [-0.1, -0.05) is 66.6 Å². The third kappa shape index (κ3) is 2.50. The maximum atomic E-state index is 4.13. The van der Waals surface area contributed by atoms with Gasteiger partial charge in [0.1, 0.15) is 6.04 Å². The van der Waals surface area contributed by atoms with Crippen LogP contribution in [-0.4, -0.2) is 20.2 Å². The van der Waals surface area contributed by atoms with Crippen LogP contribution < -0.4 is 5.32 Å². The number of hydrogen-bond donors (Lipinski definition) is 1. The number of nitrogens with zero attached hydrogens (tertiary/aromatic N) is 4. The molecule has 1 N–H and O–H groups in total. The molecule has 0 radical (unpaired) electrons. The summed E-state index contributed by atoms with van der Waals surface area (Å²) in [7, 11) is 0. The van der Waals surface area contributed by atoms with Crippen LogP contribution in [0.1, 0.15) is 29.7 Å². The van der Waals surface area contributed by atoms with Crippen LogP contribution in [0.3, 0.4) is 0 Å². The van der Waals surface area contributed by atoms with Crippen LogP contribution in [-0.2, 0) is 6.42 Å². The Balaban J connectivity index is 1.78. The molecule has 0 saturated carbocycles. The molecular formula is C18H17N5. The molecule has 3 aromatic rings. The maximum Gasteiger partial charge on any atom is 0.248 e. The second-order valence-electron chi connectivity index (χ2n) is 5.56. The lowest BCUT2D eigenvalue weighted by Crippen LogP contribution is -2.20. The number of allylic oxidation sites excluding steroid dienone is 1. The van der Waals surface area contributed by atoms with Gasteiger partial charge < -0.3 is 5.32 Å². The van der Waals surface area contributed by atoms with Crippen molar-refractivity contribution in [2.45, 2.75) is 19.4 Å². The molecule has 5 nitrogen and oxygen atoms in total. The Morgan fingerprint density at radius 2 is 1.83 bits per heavy atom. The van der Waals surface area contributed by atoms with Gasteiger partial charge in [-0.05, 0) is 39.6 Å². The van der Waals surface area contributed by atoms with Gasteiger partial charge in [0.05, 0.1) is 0 Å². The molecule has 1 aliphatic heterocycles. The second kappa shape index (κ2) is 5.68. The molecule has 0 spiro atoms. The van der Waals surface area contributed by atoms with E-state index in [0.29, 0.717) is 5.95 Å². The molecule has 0 bridgehead atoms. The summed E-state index contributed by atoms with van der Waals surface area (Å²) in [5.41, 5.74) is 4.65. The highest BCUT2D eigenvalue weighted by Crippen LogP contribution is 2.31. The minimum absolute atomic E-state index is 0.0117. The Morgan fingerprint density at radius 3 is 2.57 bits per heavy atom. The van der Waals surface area contributed by atoms with Crippen molar-refractivity contribution in [1.82, 2.24) is 20.2 Å². The number of benzene rings is 2. The topological polar surface area (TPSA) is 55.6 Å². The van der Waals surface area contributed by atoms with Gasteiger partial charge in [-0.3, -0.25) is 0 Å². The highest BCUT2D eigenvalue weighted by atomic mass is 15.6. The van der Waals surface area contributed by atoms with Crippen molar-refractivity contribution in [3.63, 3.8) is 0 Å². The predicted molar refractivity (Wildman–Crippen MR) is 89.8 cm³/mol. The number of rotatable bonds is 3. The van der Waals surface area contributed by atoms with Crippen molar-refractivity contribution in [3.8, 4) is 0 Å². The van der Waals surface area contributed by atoms with Crippen molar-refractivity contribution in [2.24, 2.45) is 0 Å². The fraction of sp³-hybridized carbons (Fsp3) is 0.167. The average Bonchev–Trinajstić information content (AvgIpc) is 3.10. The molecule has 2 aromatic carbocycles. The Labute approximate surface area is 134 Å². The molecule has 114 valence electrons. The van der Waals surface area contributed by atoms with Crippen LogP contribution >= 0.6 is 0 Å². The van der Waals surface area contributed by atoms with E-state index in [9.17, 15) is 0 Å². The first kappa shape index (κ1) is 13.7. The van der Waals surface area contributed by atoms with Crippen LogP contribution in [0.5, 0.6) is 0 Å². The first-order valence-corrected chi connectivity index (χ1v) is 7.76. The highest BCUT2D eigenvalue weighted by Gasteiger charge is 2.24. The van der Waals surface area contributed by atoms with Crippen LogP contribution in [0, 0.1) is 0 Å². The molecule has 4 rings (SSSR count). The SMILES string of the molecule is CCc1ccc([C@H]2C=C(c3ccccc3)Nc3nnnn32)cc1. The van der Waals surface area contributed by atoms with Crippen molar-refractivity contribution < 1.29 is 0 Å². The van der Waals surface area contributed by atoms with Gasteiger partial charge in [-0.15, -0.1) is 0 Å². The average molecular weight is 303 g/mol. The smallest absolute Gasteiger partial charge is 0.248 e. The highest BCUT2D eigenvalue weighted by molar-refractivity contribution is 5.76. The van der Waals surface area contributed by atoms with Gasteiger partial charge in [0.2, 0.25) is 5.95 Å². The van der Waals surface area contributed by atoms with Gasteiger partial charge in [0.25, 0.3) is 0 Å². The standard InChI is InChI=1S/C18H17N5/c1-2-13-8-10-15(11-9-13)17-12-16(14-6-4-3-5-7-14)19-18-20-21-22-23(17)18/h3-12,17H,2H2,1H3,(H,19,20,22)/t17-/m1/s1. The molecule has 0 fully saturated rings. The van der Waals surface area contributed by atoms with E-state index >= 15 is 0 Å². The van der Waals surface area contributed by atoms with E-state index in [2.05, 4.69) is 70.2 Å². The Hall–Kier alpha value is -2.95. The zero-order chi connectivity index (χ0) is 15.6. The van der Waals surface area contributed by atoms with Gasteiger partial charge in [-0.25, -0.2) is 0 Å². The number of aryl methyl sites for hydroxylation is 1. The van der Waals surface area contributed by atoms with Gasteiger partial charge in [0, 0.05) is 5.70 Å². The number of fused-ring (bicyclic) bond motifs is 1. The van der Waals surface area contributed by atoms with Crippen molar-refractivity contribution in [2.75, 3.05) is 5.32 Å². The number of aromatic nitrogens is 4. The molecule has 0 amide bonds. The summed E-state index contributed by atoms with van der Waals surface area (Å²) in [6, 6.07) is 18.8. The summed E-state index contributed by atoms with van der Waals surface area (Å²) in [4.78, 5) is 0. The lowest BCUT2D eigenvalue weighted by molar-refractivity contribution is 0.585. The first-order valence-electron chi connectivity index (χ1n) is 7.76. The lowest BCUT2D eigenvalue weighted by Gasteiger charge is -2.23. The summed E-state index contributed by atoms with van der Waals surface area (Å²) in [6.07, 6.45) is 3.20. The molecule has 0 unspecified atom stereocenters. The quantitative estimate of drug-likeness (QED) is 0.806. The molecule has 23 heavy (non-hydrogen) atoms. The van der Waals surface area contributed by atoms with Gasteiger partial charge in [-0.2, -0.15) is 4.68 Å². The van der Waals surface area contributed by atoms with E-state index in [1.54, 1.807) is 0 Å². The lowest BCUT2D eigenvalue weighted by atomic mass is 10.00. The van der Waals surface area contributed by atoms with E-state index in [-0.39, 0.29) is 6.04 Å². The summed E-state index contributed by atoms with van der Waals surface area (Å²) in [5.74, 6) is 0.663. The minimum Gasteiger partial charge on any atom is -0.323 e. The summed E-state index contributed by atoms with van der Waals surface area (Å²) in [6.45, 7) is 2.16.